The molecule has 0 amide bonds. The van der Waals surface area contributed by atoms with E-state index in [1.54, 1.807) is 6.07 Å². The highest BCUT2D eigenvalue weighted by Gasteiger charge is 2.14. The number of rotatable bonds is 4. The maximum atomic E-state index is 13.2. The summed E-state index contributed by atoms with van der Waals surface area (Å²) in [6, 6.07) is 4.48. The first-order chi connectivity index (χ1) is 8.22. The van der Waals surface area contributed by atoms with Crippen molar-refractivity contribution in [1.29, 1.82) is 0 Å². The summed E-state index contributed by atoms with van der Waals surface area (Å²) >= 11 is 3.38. The SMILES string of the molecule is CCNCc1ncoc1-c1cc(F)ccc1Br. The molecule has 1 heterocycles. The topological polar surface area (TPSA) is 38.1 Å². The minimum atomic E-state index is -0.297. The van der Waals surface area contributed by atoms with Gasteiger partial charge in [-0.15, -0.1) is 0 Å². The van der Waals surface area contributed by atoms with Gasteiger partial charge in [0.05, 0.1) is 0 Å². The first-order valence-electron chi connectivity index (χ1n) is 5.31. The monoisotopic (exact) mass is 298 g/mol. The van der Waals surface area contributed by atoms with E-state index < -0.39 is 0 Å². The number of oxazole rings is 1. The van der Waals surface area contributed by atoms with Crippen LogP contribution in [0.25, 0.3) is 11.3 Å². The largest absolute Gasteiger partial charge is 0.443 e. The molecule has 1 aromatic carbocycles. The van der Waals surface area contributed by atoms with Crippen molar-refractivity contribution in [2.75, 3.05) is 6.54 Å². The maximum Gasteiger partial charge on any atom is 0.181 e. The van der Waals surface area contributed by atoms with Gasteiger partial charge in [0.15, 0.2) is 12.2 Å². The summed E-state index contributed by atoms with van der Waals surface area (Å²) in [5.41, 5.74) is 1.45. The third kappa shape index (κ3) is 2.73. The number of nitrogens with zero attached hydrogens (tertiary/aromatic N) is 1. The molecule has 1 aromatic heterocycles. The zero-order valence-corrected chi connectivity index (χ0v) is 10.9. The summed E-state index contributed by atoms with van der Waals surface area (Å²) in [6.45, 7) is 3.46. The smallest absolute Gasteiger partial charge is 0.181 e. The predicted molar refractivity (Wildman–Crippen MR) is 67.0 cm³/mol. The second-order valence-electron chi connectivity index (χ2n) is 3.53. The van der Waals surface area contributed by atoms with Crippen LogP contribution in [0.1, 0.15) is 12.6 Å². The molecule has 0 bridgehead atoms. The van der Waals surface area contributed by atoms with E-state index in [4.69, 9.17) is 4.42 Å². The van der Waals surface area contributed by atoms with Crippen LogP contribution in [0.4, 0.5) is 4.39 Å². The van der Waals surface area contributed by atoms with Crippen LogP contribution in [-0.2, 0) is 6.54 Å². The lowest BCUT2D eigenvalue weighted by molar-refractivity contribution is 0.567. The molecule has 0 unspecified atom stereocenters. The summed E-state index contributed by atoms with van der Waals surface area (Å²) in [7, 11) is 0. The molecule has 0 atom stereocenters. The first-order valence-corrected chi connectivity index (χ1v) is 6.10. The Balaban J connectivity index is 2.38. The average molecular weight is 299 g/mol. The van der Waals surface area contributed by atoms with Gasteiger partial charge in [-0.25, -0.2) is 9.37 Å². The quantitative estimate of drug-likeness (QED) is 0.941. The third-order valence-electron chi connectivity index (χ3n) is 2.36. The van der Waals surface area contributed by atoms with Gasteiger partial charge in [0.1, 0.15) is 11.5 Å². The number of benzene rings is 1. The molecule has 0 saturated carbocycles. The second kappa shape index (κ2) is 5.42. The van der Waals surface area contributed by atoms with Gasteiger partial charge in [-0.1, -0.05) is 22.9 Å². The van der Waals surface area contributed by atoms with Crippen LogP contribution in [0, 0.1) is 5.82 Å². The zero-order valence-electron chi connectivity index (χ0n) is 9.34. The van der Waals surface area contributed by atoms with Crippen LogP contribution in [0.5, 0.6) is 0 Å². The van der Waals surface area contributed by atoms with Gasteiger partial charge in [-0.05, 0) is 24.7 Å². The lowest BCUT2D eigenvalue weighted by Crippen LogP contribution is -2.12. The molecule has 1 N–H and O–H groups in total. The highest BCUT2D eigenvalue weighted by atomic mass is 79.9. The summed E-state index contributed by atoms with van der Waals surface area (Å²) in [5.74, 6) is 0.298. The molecule has 2 aromatic rings. The van der Waals surface area contributed by atoms with Crippen molar-refractivity contribution in [3.8, 4) is 11.3 Å². The van der Waals surface area contributed by atoms with Crippen molar-refractivity contribution in [3.05, 3.63) is 40.6 Å². The van der Waals surface area contributed by atoms with Crippen molar-refractivity contribution in [1.82, 2.24) is 10.3 Å². The molecule has 17 heavy (non-hydrogen) atoms. The number of hydrogen-bond donors (Lipinski definition) is 1. The molecule has 0 radical (unpaired) electrons. The summed E-state index contributed by atoms with van der Waals surface area (Å²) in [5, 5.41) is 3.16. The van der Waals surface area contributed by atoms with E-state index in [9.17, 15) is 4.39 Å². The summed E-state index contributed by atoms with van der Waals surface area (Å²) in [6.07, 6.45) is 1.37. The Hall–Kier alpha value is -1.20. The van der Waals surface area contributed by atoms with Crippen LogP contribution < -0.4 is 5.32 Å². The Morgan fingerprint density at radius 2 is 2.29 bits per heavy atom. The Kier molecular flexibility index (Phi) is 3.91. The van der Waals surface area contributed by atoms with Crippen LogP contribution in [0.2, 0.25) is 0 Å². The van der Waals surface area contributed by atoms with Crippen molar-refractivity contribution in [2.24, 2.45) is 0 Å². The fraction of sp³-hybridized carbons (Fsp3) is 0.250. The zero-order chi connectivity index (χ0) is 12.3. The van der Waals surface area contributed by atoms with Crippen molar-refractivity contribution >= 4 is 15.9 Å². The summed E-state index contributed by atoms with van der Waals surface area (Å²) < 4.78 is 19.3. The molecular weight excluding hydrogens is 287 g/mol. The summed E-state index contributed by atoms with van der Waals surface area (Å²) in [4.78, 5) is 4.13. The molecule has 2 rings (SSSR count). The Morgan fingerprint density at radius 3 is 3.06 bits per heavy atom. The fourth-order valence-electron chi connectivity index (χ4n) is 1.53. The number of halogens is 2. The van der Waals surface area contributed by atoms with Gasteiger partial charge < -0.3 is 9.73 Å². The van der Waals surface area contributed by atoms with Crippen molar-refractivity contribution in [2.45, 2.75) is 13.5 Å². The van der Waals surface area contributed by atoms with E-state index >= 15 is 0 Å². The molecule has 0 spiro atoms. The number of aromatic nitrogens is 1. The van der Waals surface area contributed by atoms with Gasteiger partial charge in [0, 0.05) is 16.6 Å². The molecule has 0 aliphatic carbocycles. The van der Waals surface area contributed by atoms with E-state index in [0.29, 0.717) is 17.9 Å². The molecule has 0 aliphatic heterocycles. The van der Waals surface area contributed by atoms with Crippen LogP contribution in [0.3, 0.4) is 0 Å². The Labute approximate surface area is 107 Å². The molecule has 0 aliphatic rings. The van der Waals surface area contributed by atoms with Crippen LogP contribution in [0.15, 0.2) is 33.5 Å². The highest BCUT2D eigenvalue weighted by molar-refractivity contribution is 9.10. The van der Waals surface area contributed by atoms with Crippen molar-refractivity contribution < 1.29 is 8.81 Å². The van der Waals surface area contributed by atoms with Gasteiger partial charge in [0.25, 0.3) is 0 Å². The molecule has 0 fully saturated rings. The average Bonchev–Trinajstić information content (AvgIpc) is 2.77. The molecule has 5 heteroatoms. The first kappa shape index (κ1) is 12.3. The molecule has 3 nitrogen and oxygen atoms in total. The normalized spacial score (nSPS) is 10.8. The lowest BCUT2D eigenvalue weighted by atomic mass is 10.1. The highest BCUT2D eigenvalue weighted by Crippen LogP contribution is 2.31. The Bertz CT molecular complexity index is 513. The van der Waals surface area contributed by atoms with E-state index in [0.717, 1.165) is 16.7 Å². The predicted octanol–water partition coefficient (Wildman–Crippen LogP) is 3.35. The van der Waals surface area contributed by atoms with Crippen LogP contribution >= 0.6 is 15.9 Å². The number of hydrogen-bond acceptors (Lipinski definition) is 3. The molecule has 0 saturated heterocycles. The van der Waals surface area contributed by atoms with E-state index in [1.807, 2.05) is 6.92 Å². The second-order valence-corrected chi connectivity index (χ2v) is 4.39. The third-order valence-corrected chi connectivity index (χ3v) is 3.05. The van der Waals surface area contributed by atoms with E-state index in [2.05, 4.69) is 26.2 Å². The Morgan fingerprint density at radius 1 is 1.47 bits per heavy atom. The maximum absolute atomic E-state index is 13.2. The van der Waals surface area contributed by atoms with Gasteiger partial charge in [-0.3, -0.25) is 0 Å². The van der Waals surface area contributed by atoms with Gasteiger partial charge in [-0.2, -0.15) is 0 Å². The van der Waals surface area contributed by atoms with Crippen LogP contribution in [-0.4, -0.2) is 11.5 Å². The van der Waals surface area contributed by atoms with E-state index in [1.165, 1.54) is 18.5 Å². The fourth-order valence-corrected chi connectivity index (χ4v) is 1.96. The lowest BCUT2D eigenvalue weighted by Gasteiger charge is -2.04. The van der Waals surface area contributed by atoms with Crippen molar-refractivity contribution in [3.63, 3.8) is 0 Å². The molecular formula is C12H12BrFN2O. The molecule has 90 valence electrons. The van der Waals surface area contributed by atoms with Gasteiger partial charge in [0.2, 0.25) is 0 Å². The minimum Gasteiger partial charge on any atom is -0.443 e. The minimum absolute atomic E-state index is 0.297. The van der Waals surface area contributed by atoms with E-state index in [-0.39, 0.29) is 5.82 Å². The standard InChI is InChI=1S/C12H12BrFN2O/c1-2-15-6-11-12(17-7-16-11)9-5-8(14)3-4-10(9)13/h3-5,7,15H,2,6H2,1H3. The number of nitrogens with one attached hydrogen (secondary N) is 1. The van der Waals surface area contributed by atoms with Gasteiger partial charge >= 0.3 is 0 Å².